The lowest BCUT2D eigenvalue weighted by molar-refractivity contribution is -0.196. The molecule has 1 aliphatic heterocycles. The first-order valence-corrected chi connectivity index (χ1v) is 8.93. The molecule has 0 aromatic rings. The molecule has 1 amide bonds. The van der Waals surface area contributed by atoms with E-state index in [0.29, 0.717) is 24.9 Å². The maximum absolute atomic E-state index is 12.1. The number of nitrogens with one attached hydrogen (secondary N) is 1. The molecule has 5 heteroatoms. The first-order chi connectivity index (χ1) is 9.62. The monoisotopic (exact) mass is 301 g/mol. The van der Waals surface area contributed by atoms with Crippen LogP contribution in [0.3, 0.4) is 0 Å². The molecule has 4 nitrogen and oxygen atoms in total. The Kier molecular flexibility index (Phi) is 6.18. The number of carbonyl (C=O) groups excluding carboxylic acids is 1. The number of ether oxygens (including phenoxy) is 2. The second kappa shape index (κ2) is 7.66. The van der Waals surface area contributed by atoms with Crippen LogP contribution in [-0.2, 0) is 14.3 Å². The van der Waals surface area contributed by atoms with Gasteiger partial charge in [-0.15, -0.1) is 0 Å². The average Bonchev–Trinajstić information content (AvgIpc) is 2.87. The van der Waals surface area contributed by atoms with Gasteiger partial charge in [0.05, 0.1) is 25.0 Å². The summed E-state index contributed by atoms with van der Waals surface area (Å²) in [5.41, 5.74) is 0. The Balaban J connectivity index is 1.74. The summed E-state index contributed by atoms with van der Waals surface area (Å²) in [5.74, 6) is 1.88. The fraction of sp³-hybridized carbons (Fsp3) is 0.933. The van der Waals surface area contributed by atoms with E-state index in [1.54, 1.807) is 11.8 Å². The fourth-order valence-corrected chi connectivity index (χ4v) is 3.88. The Morgan fingerprint density at radius 2 is 2.10 bits per heavy atom. The van der Waals surface area contributed by atoms with Crippen LogP contribution in [0.2, 0.25) is 0 Å². The number of thioether (sulfide) groups is 1. The summed E-state index contributed by atoms with van der Waals surface area (Å²) in [5, 5.41) is 3.13. The number of hydrogen-bond donors (Lipinski definition) is 1. The Morgan fingerprint density at radius 3 is 2.80 bits per heavy atom. The van der Waals surface area contributed by atoms with Crippen LogP contribution < -0.4 is 5.32 Å². The van der Waals surface area contributed by atoms with Crippen LogP contribution in [0.5, 0.6) is 0 Å². The zero-order chi connectivity index (χ0) is 14.4. The summed E-state index contributed by atoms with van der Waals surface area (Å²) in [7, 11) is 0. The normalized spacial score (nSPS) is 25.2. The highest BCUT2D eigenvalue weighted by Crippen LogP contribution is 2.36. The van der Waals surface area contributed by atoms with Gasteiger partial charge in [0.25, 0.3) is 0 Å². The summed E-state index contributed by atoms with van der Waals surface area (Å²) in [6.45, 7) is 5.72. The summed E-state index contributed by atoms with van der Waals surface area (Å²) < 4.78 is 11.6. The lowest BCUT2D eigenvalue weighted by Gasteiger charge is -2.39. The Bertz CT molecular complexity index is 316. The SMILES string of the molecule is CC(C)CCSCC(=O)NC1CCCCC12OCCO2. The van der Waals surface area contributed by atoms with Crippen molar-refractivity contribution >= 4 is 17.7 Å². The highest BCUT2D eigenvalue weighted by atomic mass is 32.2. The van der Waals surface area contributed by atoms with Crippen LogP contribution >= 0.6 is 11.8 Å². The van der Waals surface area contributed by atoms with E-state index < -0.39 is 5.79 Å². The minimum atomic E-state index is -0.531. The lowest BCUT2D eigenvalue weighted by atomic mass is 9.89. The number of rotatable bonds is 6. The van der Waals surface area contributed by atoms with E-state index in [4.69, 9.17) is 9.47 Å². The van der Waals surface area contributed by atoms with E-state index in [1.807, 2.05) is 0 Å². The standard InChI is InChI=1S/C15H27NO3S/c1-12(2)6-10-20-11-14(17)16-13-5-3-4-7-15(13)18-8-9-19-15/h12-13H,3-11H2,1-2H3,(H,16,17). The van der Waals surface area contributed by atoms with Crippen molar-refractivity contribution in [2.75, 3.05) is 24.7 Å². The quantitative estimate of drug-likeness (QED) is 0.766. The maximum atomic E-state index is 12.1. The first kappa shape index (κ1) is 16.1. The van der Waals surface area contributed by atoms with Crippen molar-refractivity contribution in [3.8, 4) is 0 Å². The van der Waals surface area contributed by atoms with E-state index in [-0.39, 0.29) is 11.9 Å². The second-order valence-corrected chi connectivity index (χ2v) is 7.21. The van der Waals surface area contributed by atoms with Crippen LogP contribution in [-0.4, -0.2) is 42.5 Å². The minimum absolute atomic E-state index is 0.0250. The second-order valence-electron chi connectivity index (χ2n) is 6.11. The zero-order valence-corrected chi connectivity index (χ0v) is 13.5. The van der Waals surface area contributed by atoms with Crippen LogP contribution in [0.4, 0.5) is 0 Å². The minimum Gasteiger partial charge on any atom is -0.347 e. The predicted octanol–water partition coefficient (Wildman–Crippen LogP) is 2.57. The summed E-state index contributed by atoms with van der Waals surface area (Å²) in [6.07, 6.45) is 5.29. The Hall–Kier alpha value is -0.260. The van der Waals surface area contributed by atoms with Crippen molar-refractivity contribution in [1.29, 1.82) is 0 Å². The van der Waals surface area contributed by atoms with Crippen molar-refractivity contribution < 1.29 is 14.3 Å². The molecule has 0 radical (unpaired) electrons. The Morgan fingerprint density at radius 1 is 1.35 bits per heavy atom. The number of amides is 1. The third-order valence-electron chi connectivity index (χ3n) is 3.98. The molecule has 1 N–H and O–H groups in total. The van der Waals surface area contributed by atoms with Crippen LogP contribution in [0.1, 0.15) is 46.0 Å². The van der Waals surface area contributed by atoms with Crippen molar-refractivity contribution in [1.82, 2.24) is 5.32 Å². The predicted molar refractivity (Wildman–Crippen MR) is 81.8 cm³/mol. The molecule has 116 valence electrons. The van der Waals surface area contributed by atoms with Gasteiger partial charge in [-0.1, -0.05) is 20.3 Å². The first-order valence-electron chi connectivity index (χ1n) is 7.77. The van der Waals surface area contributed by atoms with Crippen molar-refractivity contribution in [2.24, 2.45) is 5.92 Å². The molecule has 0 aromatic heterocycles. The van der Waals surface area contributed by atoms with Gasteiger partial charge in [-0.05, 0) is 30.9 Å². The molecular formula is C15H27NO3S. The largest absolute Gasteiger partial charge is 0.347 e. The molecule has 1 aliphatic carbocycles. The van der Waals surface area contributed by atoms with Gasteiger partial charge in [0.15, 0.2) is 5.79 Å². The molecule has 2 rings (SSSR count). The molecule has 0 aromatic carbocycles. The van der Waals surface area contributed by atoms with Gasteiger partial charge in [-0.3, -0.25) is 4.79 Å². The summed E-state index contributed by atoms with van der Waals surface area (Å²) >= 11 is 1.72. The molecule has 1 saturated carbocycles. The van der Waals surface area contributed by atoms with Crippen molar-refractivity contribution in [2.45, 2.75) is 57.8 Å². The molecule has 1 saturated heterocycles. The summed E-state index contributed by atoms with van der Waals surface area (Å²) in [4.78, 5) is 12.1. The van der Waals surface area contributed by atoms with Gasteiger partial charge in [0, 0.05) is 6.42 Å². The molecular weight excluding hydrogens is 274 g/mol. The van der Waals surface area contributed by atoms with Gasteiger partial charge < -0.3 is 14.8 Å². The van der Waals surface area contributed by atoms with Crippen LogP contribution in [0.25, 0.3) is 0 Å². The topological polar surface area (TPSA) is 47.6 Å². The molecule has 1 atom stereocenters. The van der Waals surface area contributed by atoms with Crippen LogP contribution in [0.15, 0.2) is 0 Å². The Labute approximate surface area is 126 Å². The molecule has 0 bridgehead atoms. The molecule has 1 heterocycles. The molecule has 20 heavy (non-hydrogen) atoms. The smallest absolute Gasteiger partial charge is 0.230 e. The van der Waals surface area contributed by atoms with E-state index in [0.717, 1.165) is 37.9 Å². The third kappa shape index (κ3) is 4.37. The third-order valence-corrected chi connectivity index (χ3v) is 4.97. The van der Waals surface area contributed by atoms with E-state index in [9.17, 15) is 4.79 Å². The number of carbonyl (C=O) groups is 1. The summed E-state index contributed by atoms with van der Waals surface area (Å²) in [6, 6.07) is 0.0250. The van der Waals surface area contributed by atoms with E-state index >= 15 is 0 Å². The van der Waals surface area contributed by atoms with Gasteiger partial charge in [-0.25, -0.2) is 0 Å². The average molecular weight is 301 g/mol. The van der Waals surface area contributed by atoms with E-state index in [1.165, 1.54) is 0 Å². The highest BCUT2D eigenvalue weighted by Gasteiger charge is 2.46. The van der Waals surface area contributed by atoms with Crippen molar-refractivity contribution in [3.05, 3.63) is 0 Å². The van der Waals surface area contributed by atoms with Crippen LogP contribution in [0, 0.1) is 5.92 Å². The van der Waals surface area contributed by atoms with Crippen molar-refractivity contribution in [3.63, 3.8) is 0 Å². The highest BCUT2D eigenvalue weighted by molar-refractivity contribution is 7.99. The fourth-order valence-electron chi connectivity index (χ4n) is 2.83. The van der Waals surface area contributed by atoms with Gasteiger partial charge >= 0.3 is 0 Å². The maximum Gasteiger partial charge on any atom is 0.230 e. The van der Waals surface area contributed by atoms with E-state index in [2.05, 4.69) is 19.2 Å². The molecule has 1 unspecified atom stereocenters. The zero-order valence-electron chi connectivity index (χ0n) is 12.7. The molecule has 2 aliphatic rings. The van der Waals surface area contributed by atoms with Gasteiger partial charge in [-0.2, -0.15) is 11.8 Å². The van der Waals surface area contributed by atoms with Gasteiger partial charge in [0.2, 0.25) is 5.91 Å². The van der Waals surface area contributed by atoms with Gasteiger partial charge in [0.1, 0.15) is 0 Å². The lowest BCUT2D eigenvalue weighted by Crippen LogP contribution is -2.55. The molecule has 1 spiro atoms. The number of hydrogen-bond acceptors (Lipinski definition) is 4. The molecule has 2 fully saturated rings.